The van der Waals surface area contributed by atoms with Crippen LogP contribution in [0.3, 0.4) is 0 Å². The Kier molecular flexibility index (Phi) is 6.66. The van der Waals surface area contributed by atoms with Crippen LogP contribution in [0.15, 0.2) is 170 Å². The van der Waals surface area contributed by atoms with Crippen molar-refractivity contribution in [2.24, 2.45) is 0 Å². The molecule has 7 aromatic rings. The first-order valence-electron chi connectivity index (χ1n) is 17.4. The van der Waals surface area contributed by atoms with Crippen molar-refractivity contribution in [3.8, 4) is 33.5 Å². The monoisotopic (exact) mass is 642 g/mol. The number of nitrogens with zero attached hydrogens (tertiary/aromatic N) is 3. The van der Waals surface area contributed by atoms with Crippen LogP contribution < -0.4 is 10.2 Å². The van der Waals surface area contributed by atoms with Gasteiger partial charge in [0.2, 0.25) is 0 Å². The number of hydrogen-bond donors (Lipinski definition) is 1. The molecule has 0 amide bonds. The summed E-state index contributed by atoms with van der Waals surface area (Å²) in [5, 5.41) is 7.20. The minimum absolute atomic E-state index is 0.721. The summed E-state index contributed by atoms with van der Waals surface area (Å²) < 4.78 is 2.54. The van der Waals surface area contributed by atoms with E-state index in [4.69, 9.17) is 4.98 Å². The van der Waals surface area contributed by atoms with Gasteiger partial charge >= 0.3 is 0 Å². The van der Waals surface area contributed by atoms with Gasteiger partial charge in [0.1, 0.15) is 0 Å². The third-order valence-electron chi connectivity index (χ3n) is 10.3. The predicted octanol–water partition coefficient (Wildman–Crippen LogP) is 11.4. The second-order valence-electron chi connectivity index (χ2n) is 13.1. The molecule has 4 heterocycles. The lowest BCUT2D eigenvalue weighted by molar-refractivity contribution is 0.924. The summed E-state index contributed by atoms with van der Waals surface area (Å²) in [6.07, 6.45) is 15.1. The van der Waals surface area contributed by atoms with Gasteiger partial charge in [-0.1, -0.05) is 103 Å². The smallest absolute Gasteiger partial charge is 0.0781 e. The topological polar surface area (TPSA) is 33.1 Å². The van der Waals surface area contributed by atoms with Crippen LogP contribution >= 0.6 is 0 Å². The van der Waals surface area contributed by atoms with Crippen LogP contribution in [-0.4, -0.2) is 16.1 Å². The molecule has 3 aliphatic rings. The van der Waals surface area contributed by atoms with Crippen molar-refractivity contribution < 1.29 is 0 Å². The number of anilines is 2. The van der Waals surface area contributed by atoms with E-state index in [1.54, 1.807) is 0 Å². The van der Waals surface area contributed by atoms with Crippen molar-refractivity contribution >= 4 is 44.3 Å². The van der Waals surface area contributed by atoms with Gasteiger partial charge in [-0.2, -0.15) is 0 Å². The highest BCUT2D eigenvalue weighted by atomic mass is 15.2. The molecular formula is C46H34N4. The quantitative estimate of drug-likeness (QED) is 0.207. The van der Waals surface area contributed by atoms with Crippen LogP contribution in [0.25, 0.3) is 66.5 Å². The number of aromatic nitrogens is 2. The first kappa shape index (κ1) is 28.6. The molecular weight excluding hydrogens is 609 g/mol. The van der Waals surface area contributed by atoms with Crippen molar-refractivity contribution in [1.29, 1.82) is 0 Å². The molecule has 238 valence electrons. The van der Waals surface area contributed by atoms with Gasteiger partial charge in [0.05, 0.1) is 28.3 Å². The Bertz CT molecular complexity index is 2590. The fourth-order valence-corrected chi connectivity index (χ4v) is 8.09. The Morgan fingerprint density at radius 2 is 1.50 bits per heavy atom. The summed E-state index contributed by atoms with van der Waals surface area (Å²) in [5.74, 6) is 0. The van der Waals surface area contributed by atoms with Crippen molar-refractivity contribution in [3.05, 3.63) is 175 Å². The summed E-state index contributed by atoms with van der Waals surface area (Å²) >= 11 is 0. The van der Waals surface area contributed by atoms with E-state index in [1.807, 2.05) is 6.20 Å². The second-order valence-corrected chi connectivity index (χ2v) is 13.1. The fourth-order valence-electron chi connectivity index (χ4n) is 8.09. The molecule has 2 aliphatic heterocycles. The summed E-state index contributed by atoms with van der Waals surface area (Å²) in [7, 11) is 0. The number of allylic oxidation sites excluding steroid dienone is 5. The number of benzene rings is 5. The minimum Gasteiger partial charge on any atom is -0.387 e. The number of dihydropyridines is 1. The maximum Gasteiger partial charge on any atom is 0.0781 e. The lowest BCUT2D eigenvalue weighted by Gasteiger charge is -2.31. The number of pyridine rings is 1. The van der Waals surface area contributed by atoms with E-state index in [9.17, 15) is 0 Å². The maximum absolute atomic E-state index is 4.99. The van der Waals surface area contributed by atoms with E-state index in [0.717, 1.165) is 53.0 Å². The van der Waals surface area contributed by atoms with Crippen LogP contribution in [0.2, 0.25) is 0 Å². The molecule has 1 aliphatic carbocycles. The van der Waals surface area contributed by atoms with Gasteiger partial charge in [0.15, 0.2) is 0 Å². The van der Waals surface area contributed by atoms with Crippen LogP contribution in [-0.2, 0) is 0 Å². The molecule has 50 heavy (non-hydrogen) atoms. The van der Waals surface area contributed by atoms with E-state index in [-0.39, 0.29) is 0 Å². The fraction of sp³-hybridized carbons (Fsp3) is 0.0652. The molecule has 0 spiro atoms. The zero-order chi connectivity index (χ0) is 33.0. The molecule has 5 aromatic carbocycles. The van der Waals surface area contributed by atoms with E-state index >= 15 is 0 Å². The first-order valence-corrected chi connectivity index (χ1v) is 17.4. The number of rotatable bonds is 4. The standard InChI is InChI=1S/C46H34N4/c1-3-13-31(14-4-1)33-27-34(45-37-18-8-7-15-32(37)23-26-48-45)29-36(28-33)49-41-21-11-9-19-38(41)44-39-20-10-12-22-42(39)50(35-16-5-2-6-17-35)46(44)40-30-47-25-24-43(40)49/h1-5,7-16,18-29,47H,6,17,30H2. The zero-order valence-corrected chi connectivity index (χ0v) is 27.6. The van der Waals surface area contributed by atoms with Gasteiger partial charge in [-0.3, -0.25) is 4.98 Å². The number of hydrogen-bond acceptors (Lipinski definition) is 3. The average Bonchev–Trinajstić information content (AvgIpc) is 3.47. The third-order valence-corrected chi connectivity index (χ3v) is 10.3. The number of nitrogens with one attached hydrogen (secondary N) is 1. The molecule has 4 nitrogen and oxygen atoms in total. The summed E-state index contributed by atoms with van der Waals surface area (Å²) in [5.41, 5.74) is 15.5. The van der Waals surface area contributed by atoms with Crippen LogP contribution in [0.4, 0.5) is 11.4 Å². The Hall–Kier alpha value is -6.39. The van der Waals surface area contributed by atoms with E-state index in [1.165, 1.54) is 55.6 Å². The molecule has 0 radical (unpaired) electrons. The van der Waals surface area contributed by atoms with Gasteiger partial charge in [-0.15, -0.1) is 0 Å². The Balaban J connectivity index is 1.30. The Morgan fingerprint density at radius 3 is 2.40 bits per heavy atom. The van der Waals surface area contributed by atoms with E-state index in [2.05, 4.69) is 173 Å². The van der Waals surface area contributed by atoms with Gasteiger partial charge in [0.25, 0.3) is 0 Å². The van der Waals surface area contributed by atoms with Crippen molar-refractivity contribution in [3.63, 3.8) is 0 Å². The Morgan fingerprint density at radius 1 is 0.700 bits per heavy atom. The number of fused-ring (bicyclic) bond motifs is 7. The highest BCUT2D eigenvalue weighted by Gasteiger charge is 2.33. The maximum atomic E-state index is 4.99. The molecule has 10 rings (SSSR count). The van der Waals surface area contributed by atoms with Crippen LogP contribution in [0.1, 0.15) is 18.5 Å². The molecule has 2 aromatic heterocycles. The van der Waals surface area contributed by atoms with E-state index < -0.39 is 0 Å². The SMILES string of the molecule is C1=CCCC(n2c3c(c4ccccc42)-c2ccccc2N(c2cc(-c4ccccc4)cc(-c4nccc5ccccc45)c2)C2=C3CNC=C2)=C1. The zero-order valence-electron chi connectivity index (χ0n) is 27.6. The molecule has 0 saturated heterocycles. The third kappa shape index (κ3) is 4.49. The number of para-hydroxylation sites is 2. The van der Waals surface area contributed by atoms with Crippen molar-refractivity contribution in [2.75, 3.05) is 11.4 Å². The van der Waals surface area contributed by atoms with E-state index in [0.29, 0.717) is 0 Å². The summed E-state index contributed by atoms with van der Waals surface area (Å²) in [4.78, 5) is 7.48. The average molecular weight is 643 g/mol. The lowest BCUT2D eigenvalue weighted by Crippen LogP contribution is -2.24. The van der Waals surface area contributed by atoms with Crippen LogP contribution in [0, 0.1) is 0 Å². The highest BCUT2D eigenvalue weighted by molar-refractivity contribution is 6.10. The molecule has 0 unspecified atom stereocenters. The first-order chi connectivity index (χ1) is 24.8. The van der Waals surface area contributed by atoms with Gasteiger partial charge in [-0.25, -0.2) is 0 Å². The molecule has 0 atom stereocenters. The van der Waals surface area contributed by atoms with Gasteiger partial charge < -0.3 is 14.8 Å². The normalized spacial score (nSPS) is 15.0. The molecule has 0 saturated carbocycles. The molecule has 0 fully saturated rings. The largest absolute Gasteiger partial charge is 0.387 e. The molecule has 4 heteroatoms. The van der Waals surface area contributed by atoms with Crippen LogP contribution in [0.5, 0.6) is 0 Å². The Labute approximate surface area is 291 Å². The molecule has 0 bridgehead atoms. The molecule has 1 N–H and O–H groups in total. The lowest BCUT2D eigenvalue weighted by atomic mass is 9.96. The highest BCUT2D eigenvalue weighted by Crippen LogP contribution is 2.51. The predicted molar refractivity (Wildman–Crippen MR) is 209 cm³/mol. The summed E-state index contributed by atoms with van der Waals surface area (Å²) in [6, 6.07) is 46.2. The van der Waals surface area contributed by atoms with Crippen molar-refractivity contribution in [2.45, 2.75) is 12.8 Å². The minimum atomic E-state index is 0.721. The second kappa shape index (κ2) is 11.6. The summed E-state index contributed by atoms with van der Waals surface area (Å²) in [6.45, 7) is 0.721. The van der Waals surface area contributed by atoms with Crippen molar-refractivity contribution in [1.82, 2.24) is 14.9 Å². The van der Waals surface area contributed by atoms with Gasteiger partial charge in [-0.05, 0) is 84.1 Å². The van der Waals surface area contributed by atoms with Gasteiger partial charge in [0, 0.05) is 57.2 Å².